The second-order valence-electron chi connectivity index (χ2n) is 4.12. The molecule has 102 valence electrons. The number of ether oxygens (including phenoxy) is 1. The number of halogens is 1. The normalized spacial score (nSPS) is 10.9. The Kier molecular flexibility index (Phi) is 7.39. The Morgan fingerprint density at radius 3 is 2.83 bits per heavy atom. The average molecular weight is 290 g/mol. The fourth-order valence-electron chi connectivity index (χ4n) is 1.34. The highest BCUT2D eigenvalue weighted by atomic mass is 35.5. The maximum Gasteiger partial charge on any atom is 0.190 e. The van der Waals surface area contributed by atoms with Crippen molar-refractivity contribution in [2.75, 3.05) is 24.7 Å². The van der Waals surface area contributed by atoms with Gasteiger partial charge in [-0.25, -0.2) is 9.97 Å². The molecular weight excluding hydrogens is 270 g/mol. The molecule has 18 heavy (non-hydrogen) atoms. The summed E-state index contributed by atoms with van der Waals surface area (Å²) in [7, 11) is 0. The van der Waals surface area contributed by atoms with Crippen molar-refractivity contribution in [1.29, 1.82) is 0 Å². The predicted molar refractivity (Wildman–Crippen MR) is 77.6 cm³/mol. The van der Waals surface area contributed by atoms with Gasteiger partial charge in [-0.05, 0) is 32.9 Å². The maximum atomic E-state index is 5.90. The van der Waals surface area contributed by atoms with Gasteiger partial charge in [0.05, 0.1) is 6.10 Å². The first-order chi connectivity index (χ1) is 8.61. The molecule has 0 aromatic carbocycles. The van der Waals surface area contributed by atoms with Gasteiger partial charge >= 0.3 is 0 Å². The lowest BCUT2D eigenvalue weighted by Crippen LogP contribution is -2.08. The molecule has 1 aromatic rings. The van der Waals surface area contributed by atoms with E-state index < -0.39 is 0 Å². The summed E-state index contributed by atoms with van der Waals surface area (Å²) in [4.78, 5) is 8.41. The lowest BCUT2D eigenvalue weighted by atomic mass is 10.3. The second kappa shape index (κ2) is 8.56. The molecule has 1 aromatic heterocycles. The predicted octanol–water partition coefficient (Wildman–Crippen LogP) is 3.47. The van der Waals surface area contributed by atoms with Crippen LogP contribution >= 0.6 is 23.4 Å². The summed E-state index contributed by atoms with van der Waals surface area (Å²) in [5, 5.41) is 4.40. The van der Waals surface area contributed by atoms with Crippen LogP contribution in [0.1, 0.15) is 26.7 Å². The van der Waals surface area contributed by atoms with E-state index in [0.717, 1.165) is 31.8 Å². The van der Waals surface area contributed by atoms with Crippen LogP contribution in [-0.2, 0) is 4.74 Å². The third-order valence-corrected chi connectivity index (χ3v) is 2.93. The van der Waals surface area contributed by atoms with E-state index in [0.29, 0.717) is 16.4 Å². The molecule has 0 aliphatic rings. The Balaban J connectivity index is 2.24. The van der Waals surface area contributed by atoms with E-state index in [1.165, 1.54) is 11.8 Å². The third kappa shape index (κ3) is 6.42. The van der Waals surface area contributed by atoms with E-state index in [2.05, 4.69) is 15.3 Å². The number of thioether (sulfide) groups is 1. The van der Waals surface area contributed by atoms with Crippen LogP contribution in [-0.4, -0.2) is 35.5 Å². The van der Waals surface area contributed by atoms with Crippen molar-refractivity contribution in [1.82, 2.24) is 9.97 Å². The molecular formula is C12H20ClN3OS. The van der Waals surface area contributed by atoms with Gasteiger partial charge in [0.2, 0.25) is 0 Å². The first kappa shape index (κ1) is 15.5. The van der Waals surface area contributed by atoms with E-state index >= 15 is 0 Å². The molecule has 6 heteroatoms. The zero-order valence-corrected chi connectivity index (χ0v) is 12.6. The number of nitrogens with one attached hydrogen (secondary N) is 1. The summed E-state index contributed by atoms with van der Waals surface area (Å²) in [6.07, 6.45) is 4.32. The van der Waals surface area contributed by atoms with Gasteiger partial charge in [0.25, 0.3) is 0 Å². The molecule has 0 amide bonds. The van der Waals surface area contributed by atoms with Crippen molar-refractivity contribution in [2.45, 2.75) is 37.9 Å². The van der Waals surface area contributed by atoms with Gasteiger partial charge in [-0.2, -0.15) is 0 Å². The van der Waals surface area contributed by atoms with Crippen LogP contribution in [0.15, 0.2) is 11.2 Å². The number of rotatable bonds is 8. The molecule has 0 unspecified atom stereocenters. The highest BCUT2D eigenvalue weighted by molar-refractivity contribution is 7.98. The lowest BCUT2D eigenvalue weighted by molar-refractivity contribution is 0.0765. The van der Waals surface area contributed by atoms with Crippen LogP contribution in [0.5, 0.6) is 0 Å². The van der Waals surface area contributed by atoms with Crippen molar-refractivity contribution in [3.63, 3.8) is 0 Å². The molecule has 0 radical (unpaired) electrons. The average Bonchev–Trinajstić information content (AvgIpc) is 2.32. The summed E-state index contributed by atoms with van der Waals surface area (Å²) < 4.78 is 5.47. The smallest absolute Gasteiger partial charge is 0.190 e. The second-order valence-corrected chi connectivity index (χ2v) is 5.28. The molecule has 4 nitrogen and oxygen atoms in total. The van der Waals surface area contributed by atoms with Gasteiger partial charge < -0.3 is 10.1 Å². The van der Waals surface area contributed by atoms with Gasteiger partial charge in [-0.1, -0.05) is 23.4 Å². The fourth-order valence-corrected chi connectivity index (χ4v) is 1.95. The molecule has 0 aliphatic carbocycles. The topological polar surface area (TPSA) is 47.0 Å². The van der Waals surface area contributed by atoms with Gasteiger partial charge in [-0.3, -0.25) is 0 Å². The van der Waals surface area contributed by atoms with Crippen LogP contribution in [0.4, 0.5) is 5.82 Å². The monoisotopic (exact) mass is 289 g/mol. The summed E-state index contributed by atoms with van der Waals surface area (Å²) in [5.74, 6) is 0.782. The van der Waals surface area contributed by atoms with Crippen molar-refractivity contribution in [3.8, 4) is 0 Å². The molecule has 0 atom stereocenters. The van der Waals surface area contributed by atoms with Gasteiger partial charge in [0, 0.05) is 19.2 Å². The first-order valence-corrected chi connectivity index (χ1v) is 7.66. The summed E-state index contributed by atoms with van der Waals surface area (Å²) in [5.41, 5.74) is 0. The molecule has 1 rings (SSSR count). The molecule has 1 N–H and O–H groups in total. The van der Waals surface area contributed by atoms with Gasteiger partial charge in [-0.15, -0.1) is 0 Å². The molecule has 1 heterocycles. The number of hydrogen-bond acceptors (Lipinski definition) is 5. The zero-order chi connectivity index (χ0) is 13.4. The molecule has 0 bridgehead atoms. The molecule has 0 saturated heterocycles. The van der Waals surface area contributed by atoms with Gasteiger partial charge in [0.15, 0.2) is 5.16 Å². The number of anilines is 1. The minimum Gasteiger partial charge on any atom is -0.379 e. The SMILES string of the molecule is CSc1nc(Cl)cc(NCCCCOC(C)C)n1. The summed E-state index contributed by atoms with van der Waals surface area (Å²) >= 11 is 7.38. The number of unbranched alkanes of at least 4 members (excludes halogenated alkanes) is 1. The van der Waals surface area contributed by atoms with E-state index in [4.69, 9.17) is 16.3 Å². The fraction of sp³-hybridized carbons (Fsp3) is 0.667. The highest BCUT2D eigenvalue weighted by Crippen LogP contribution is 2.17. The maximum absolute atomic E-state index is 5.90. The summed E-state index contributed by atoms with van der Waals surface area (Å²) in [6, 6.07) is 1.74. The standard InChI is InChI=1S/C12H20ClN3OS/c1-9(2)17-7-5-4-6-14-11-8-10(13)15-12(16-11)18-3/h8-9H,4-7H2,1-3H3,(H,14,15,16). The Morgan fingerprint density at radius 1 is 1.39 bits per heavy atom. The van der Waals surface area contributed by atoms with Crippen molar-refractivity contribution >= 4 is 29.2 Å². The largest absolute Gasteiger partial charge is 0.379 e. The van der Waals surface area contributed by atoms with Crippen LogP contribution < -0.4 is 5.32 Å². The quantitative estimate of drug-likeness (QED) is 0.344. The Hall–Kier alpha value is -0.520. The molecule has 0 aliphatic heterocycles. The Bertz CT molecular complexity index is 363. The molecule has 0 saturated carbocycles. The van der Waals surface area contributed by atoms with Crippen LogP contribution in [0.2, 0.25) is 5.15 Å². The lowest BCUT2D eigenvalue weighted by Gasteiger charge is -2.08. The van der Waals surface area contributed by atoms with E-state index in [-0.39, 0.29) is 0 Å². The van der Waals surface area contributed by atoms with E-state index in [1.54, 1.807) is 6.07 Å². The van der Waals surface area contributed by atoms with Crippen LogP contribution in [0.25, 0.3) is 0 Å². The van der Waals surface area contributed by atoms with E-state index in [9.17, 15) is 0 Å². The van der Waals surface area contributed by atoms with E-state index in [1.807, 2.05) is 20.1 Å². The molecule has 0 fully saturated rings. The minimum absolute atomic E-state index is 0.308. The minimum atomic E-state index is 0.308. The molecule has 0 spiro atoms. The zero-order valence-electron chi connectivity index (χ0n) is 11.1. The Labute approximate surface area is 118 Å². The van der Waals surface area contributed by atoms with Crippen LogP contribution in [0, 0.1) is 0 Å². The van der Waals surface area contributed by atoms with Crippen molar-refractivity contribution in [2.24, 2.45) is 0 Å². The van der Waals surface area contributed by atoms with Crippen molar-refractivity contribution < 1.29 is 4.74 Å². The Morgan fingerprint density at radius 2 is 2.17 bits per heavy atom. The first-order valence-electron chi connectivity index (χ1n) is 6.06. The third-order valence-electron chi connectivity index (χ3n) is 2.19. The highest BCUT2D eigenvalue weighted by Gasteiger charge is 2.01. The summed E-state index contributed by atoms with van der Waals surface area (Å²) in [6.45, 7) is 5.76. The van der Waals surface area contributed by atoms with Gasteiger partial charge in [0.1, 0.15) is 11.0 Å². The number of aromatic nitrogens is 2. The van der Waals surface area contributed by atoms with Crippen LogP contribution in [0.3, 0.4) is 0 Å². The number of hydrogen-bond donors (Lipinski definition) is 1. The van der Waals surface area contributed by atoms with Crippen molar-refractivity contribution in [3.05, 3.63) is 11.2 Å². The number of nitrogens with zero attached hydrogens (tertiary/aromatic N) is 2.